The molecular formula is C22H18ClF3N4O3. The van der Waals surface area contributed by atoms with E-state index >= 15 is 0 Å². The van der Waals surface area contributed by atoms with E-state index in [0.717, 1.165) is 0 Å². The summed E-state index contributed by atoms with van der Waals surface area (Å²) in [6.45, 7) is -0.334. The van der Waals surface area contributed by atoms with Gasteiger partial charge < -0.3 is 19.7 Å². The molecule has 0 saturated heterocycles. The second-order valence-electron chi connectivity index (χ2n) is 7.26. The van der Waals surface area contributed by atoms with Gasteiger partial charge in [-0.3, -0.25) is 4.79 Å². The zero-order valence-electron chi connectivity index (χ0n) is 17.3. The molecule has 1 aromatic carbocycles. The fourth-order valence-corrected chi connectivity index (χ4v) is 3.30. The number of carbonyl (C=O) groups is 1. The maximum atomic E-state index is 12.8. The minimum absolute atomic E-state index is 0.223. The predicted molar refractivity (Wildman–Crippen MR) is 117 cm³/mol. The Balaban J connectivity index is 1.60. The molecule has 0 unspecified atom stereocenters. The van der Waals surface area contributed by atoms with E-state index < -0.39 is 18.7 Å². The number of halogens is 4. The van der Waals surface area contributed by atoms with Gasteiger partial charge in [-0.25, -0.2) is 9.97 Å². The number of alkyl halides is 3. The third kappa shape index (κ3) is 5.46. The van der Waals surface area contributed by atoms with Crippen molar-refractivity contribution in [3.05, 3.63) is 59.4 Å². The highest BCUT2D eigenvalue weighted by atomic mass is 35.5. The molecule has 1 aliphatic heterocycles. The molecule has 1 aliphatic rings. The highest BCUT2D eigenvalue weighted by Gasteiger charge is 2.29. The lowest BCUT2D eigenvalue weighted by atomic mass is 10.1. The number of carbonyl (C=O) groups excluding carboxylic acids is 1. The summed E-state index contributed by atoms with van der Waals surface area (Å²) in [5.41, 5.74) is 1.31. The van der Waals surface area contributed by atoms with Crippen molar-refractivity contribution in [1.82, 2.24) is 9.97 Å². The van der Waals surface area contributed by atoms with Crippen LogP contribution in [0, 0.1) is 0 Å². The molecule has 4 rings (SSSR count). The summed E-state index contributed by atoms with van der Waals surface area (Å²) in [6.07, 6.45) is -1.88. The second kappa shape index (κ2) is 9.14. The van der Waals surface area contributed by atoms with Crippen LogP contribution in [0.15, 0.2) is 48.8 Å². The first-order valence-electron chi connectivity index (χ1n) is 9.80. The van der Waals surface area contributed by atoms with Crippen LogP contribution in [0.3, 0.4) is 0 Å². The average molecular weight is 479 g/mol. The number of amides is 1. The molecule has 11 heteroatoms. The zero-order valence-corrected chi connectivity index (χ0v) is 18.1. The van der Waals surface area contributed by atoms with Crippen LogP contribution in [0.2, 0.25) is 5.02 Å². The number of anilines is 2. The maximum absolute atomic E-state index is 12.8. The highest BCUT2D eigenvalue weighted by molar-refractivity contribution is 6.30. The van der Waals surface area contributed by atoms with Gasteiger partial charge in [0.1, 0.15) is 6.61 Å². The van der Waals surface area contributed by atoms with Crippen molar-refractivity contribution in [1.29, 1.82) is 0 Å². The van der Waals surface area contributed by atoms with E-state index in [1.165, 1.54) is 18.5 Å². The van der Waals surface area contributed by atoms with Gasteiger partial charge in [-0.1, -0.05) is 23.7 Å². The van der Waals surface area contributed by atoms with E-state index in [4.69, 9.17) is 21.1 Å². The summed E-state index contributed by atoms with van der Waals surface area (Å²) in [5.74, 6) is 0.428. The largest absolute Gasteiger partial charge is 0.488 e. The number of aromatic nitrogens is 2. The van der Waals surface area contributed by atoms with E-state index in [0.29, 0.717) is 35.3 Å². The molecular weight excluding hydrogens is 461 g/mol. The van der Waals surface area contributed by atoms with Gasteiger partial charge in [0.2, 0.25) is 5.88 Å². The Labute approximate surface area is 192 Å². The van der Waals surface area contributed by atoms with Gasteiger partial charge >= 0.3 is 6.18 Å². The van der Waals surface area contributed by atoms with Crippen molar-refractivity contribution in [2.45, 2.75) is 6.18 Å². The van der Waals surface area contributed by atoms with Crippen LogP contribution in [0.1, 0.15) is 10.4 Å². The van der Waals surface area contributed by atoms with Gasteiger partial charge in [0.05, 0.1) is 24.0 Å². The number of fused-ring (bicyclic) bond motifs is 1. The molecule has 1 amide bonds. The van der Waals surface area contributed by atoms with Crippen LogP contribution in [-0.2, 0) is 0 Å². The molecule has 0 bridgehead atoms. The lowest BCUT2D eigenvalue weighted by molar-refractivity contribution is -0.154. The van der Waals surface area contributed by atoms with Crippen molar-refractivity contribution >= 4 is 29.0 Å². The normalized spacial score (nSPS) is 13.2. The number of nitrogens with zero attached hydrogens (tertiary/aromatic N) is 3. The third-order valence-electron chi connectivity index (χ3n) is 4.78. The van der Waals surface area contributed by atoms with Gasteiger partial charge in [0.25, 0.3) is 5.91 Å². The minimum atomic E-state index is -4.53. The van der Waals surface area contributed by atoms with Crippen LogP contribution in [0.25, 0.3) is 11.1 Å². The lowest BCUT2D eigenvalue weighted by Gasteiger charge is -2.26. The molecule has 3 heterocycles. The molecule has 0 atom stereocenters. The smallest absolute Gasteiger partial charge is 0.422 e. The Morgan fingerprint density at radius 2 is 1.97 bits per heavy atom. The summed E-state index contributed by atoms with van der Waals surface area (Å²) >= 11 is 5.92. The summed E-state index contributed by atoms with van der Waals surface area (Å²) in [7, 11) is 1.88. The standard InChI is InChI=1S/C22H18ClF3N4O3/c1-30-6-7-32-18-8-14(10-27-19(18)30)20(31)29-16-9-17(13-2-4-15(23)5-3-13)21(28-11-16)33-12-22(24,25)26/h2-5,8-11H,6-7,12H2,1H3,(H,29,31). The SMILES string of the molecule is CN1CCOc2cc(C(=O)Nc3cnc(OCC(F)(F)F)c(-c4ccc(Cl)cc4)c3)cnc21. The summed E-state index contributed by atoms with van der Waals surface area (Å²) < 4.78 is 48.5. The van der Waals surface area contributed by atoms with E-state index in [2.05, 4.69) is 15.3 Å². The molecule has 0 saturated carbocycles. The van der Waals surface area contributed by atoms with E-state index in [1.807, 2.05) is 11.9 Å². The van der Waals surface area contributed by atoms with Gasteiger partial charge in [-0.2, -0.15) is 13.2 Å². The van der Waals surface area contributed by atoms with Gasteiger partial charge in [0.15, 0.2) is 18.2 Å². The van der Waals surface area contributed by atoms with Crippen LogP contribution >= 0.6 is 11.6 Å². The summed E-state index contributed by atoms with van der Waals surface area (Å²) in [4.78, 5) is 23.0. The van der Waals surface area contributed by atoms with Crippen LogP contribution in [0.4, 0.5) is 24.7 Å². The molecule has 3 aromatic rings. The Bertz CT molecular complexity index is 1170. The molecule has 33 heavy (non-hydrogen) atoms. The molecule has 0 aliphatic carbocycles. The topological polar surface area (TPSA) is 76.6 Å². The van der Waals surface area contributed by atoms with Crippen LogP contribution < -0.4 is 19.7 Å². The fraction of sp³-hybridized carbons (Fsp3) is 0.227. The highest BCUT2D eigenvalue weighted by Crippen LogP contribution is 2.33. The maximum Gasteiger partial charge on any atom is 0.422 e. The molecule has 7 nitrogen and oxygen atoms in total. The predicted octanol–water partition coefficient (Wildman–Crippen LogP) is 4.82. The Hall–Kier alpha value is -3.53. The van der Waals surface area contributed by atoms with Gasteiger partial charge in [0, 0.05) is 23.8 Å². The van der Waals surface area contributed by atoms with Gasteiger partial charge in [-0.15, -0.1) is 0 Å². The summed E-state index contributed by atoms with van der Waals surface area (Å²) in [6, 6.07) is 9.48. The fourth-order valence-electron chi connectivity index (χ4n) is 3.18. The van der Waals surface area contributed by atoms with Crippen molar-refractivity contribution in [2.24, 2.45) is 0 Å². The first-order chi connectivity index (χ1) is 15.7. The molecule has 0 spiro atoms. The molecule has 0 radical (unpaired) electrons. The number of likely N-dealkylation sites (N-methyl/N-ethyl adjacent to an activating group) is 1. The average Bonchev–Trinajstić information content (AvgIpc) is 2.78. The van der Waals surface area contributed by atoms with Gasteiger partial charge in [-0.05, 0) is 29.8 Å². The first kappa shape index (κ1) is 22.7. The number of pyridine rings is 2. The Kier molecular flexibility index (Phi) is 6.28. The van der Waals surface area contributed by atoms with Crippen molar-refractivity contribution in [3.63, 3.8) is 0 Å². The number of hydrogen-bond acceptors (Lipinski definition) is 6. The van der Waals surface area contributed by atoms with Crippen molar-refractivity contribution < 1.29 is 27.4 Å². The first-order valence-corrected chi connectivity index (χ1v) is 10.2. The number of hydrogen-bond donors (Lipinski definition) is 1. The van der Waals surface area contributed by atoms with Crippen molar-refractivity contribution in [3.8, 4) is 22.8 Å². The molecule has 2 aromatic heterocycles. The number of nitrogens with one attached hydrogen (secondary N) is 1. The molecule has 0 fully saturated rings. The van der Waals surface area contributed by atoms with Crippen LogP contribution in [0.5, 0.6) is 11.6 Å². The van der Waals surface area contributed by atoms with Crippen LogP contribution in [-0.4, -0.2) is 48.9 Å². The zero-order chi connectivity index (χ0) is 23.6. The number of ether oxygens (including phenoxy) is 2. The van der Waals surface area contributed by atoms with E-state index in [9.17, 15) is 18.0 Å². The second-order valence-corrected chi connectivity index (χ2v) is 7.69. The number of rotatable bonds is 5. The molecule has 172 valence electrons. The minimum Gasteiger partial charge on any atom is -0.488 e. The van der Waals surface area contributed by atoms with E-state index in [-0.39, 0.29) is 22.7 Å². The quantitative estimate of drug-likeness (QED) is 0.566. The summed E-state index contributed by atoms with van der Waals surface area (Å²) in [5, 5.41) is 3.14. The Morgan fingerprint density at radius 1 is 1.21 bits per heavy atom. The number of benzene rings is 1. The van der Waals surface area contributed by atoms with E-state index in [1.54, 1.807) is 30.3 Å². The van der Waals surface area contributed by atoms with Crippen molar-refractivity contribution in [2.75, 3.05) is 37.0 Å². The Morgan fingerprint density at radius 3 is 2.70 bits per heavy atom. The third-order valence-corrected chi connectivity index (χ3v) is 5.03. The lowest BCUT2D eigenvalue weighted by Crippen LogP contribution is -2.30. The monoisotopic (exact) mass is 478 g/mol. The molecule has 1 N–H and O–H groups in total.